The summed E-state index contributed by atoms with van der Waals surface area (Å²) in [6.45, 7) is 10.2. The number of alkyl halides is 2. The molecule has 220 valence electrons. The van der Waals surface area contributed by atoms with Gasteiger partial charge in [0.2, 0.25) is 0 Å². The summed E-state index contributed by atoms with van der Waals surface area (Å²) < 4.78 is 45.4. The number of unbranched alkanes of at least 4 members (excludes halogenated alkanes) is 2. The van der Waals surface area contributed by atoms with Crippen LogP contribution in [0.4, 0.5) is 8.78 Å². The Morgan fingerprint density at radius 1 is 0.925 bits per heavy atom. The van der Waals surface area contributed by atoms with Crippen LogP contribution in [0.2, 0.25) is 0 Å². The van der Waals surface area contributed by atoms with Gasteiger partial charge in [0.05, 0.1) is 30.8 Å². The third-order valence-corrected chi connectivity index (χ3v) is 6.62. The summed E-state index contributed by atoms with van der Waals surface area (Å²) in [6.07, 6.45) is 1.36. The lowest BCUT2D eigenvalue weighted by atomic mass is 9.95. The van der Waals surface area contributed by atoms with Crippen LogP contribution in [0.15, 0.2) is 60.7 Å². The summed E-state index contributed by atoms with van der Waals surface area (Å²) >= 11 is 0. The van der Waals surface area contributed by atoms with E-state index in [2.05, 4.69) is 13.5 Å². The Kier molecular flexibility index (Phi) is 12.8. The first kappa shape index (κ1) is 32.9. The minimum Gasteiger partial charge on any atom is -0.465 e. The smallest absolute Gasteiger partial charge is 0.426 e. The molecule has 2 rings (SSSR count). The van der Waals surface area contributed by atoms with Gasteiger partial charge in [-0.25, -0.2) is 4.79 Å². The Morgan fingerprint density at radius 3 is 2.10 bits per heavy atom. The number of hydrogen-bond acceptors (Lipinski definition) is 6. The number of carbonyl (C=O) groups is 2. The minimum atomic E-state index is -3.50. The second-order valence-corrected chi connectivity index (χ2v) is 10.7. The fraction of sp³-hybridized carbons (Fsp3) is 0.500. The van der Waals surface area contributed by atoms with E-state index in [9.17, 15) is 23.5 Å². The summed E-state index contributed by atoms with van der Waals surface area (Å²) in [7, 11) is 0. The molecule has 2 aromatic carbocycles. The van der Waals surface area contributed by atoms with Crippen LogP contribution in [0.25, 0.3) is 0 Å². The Hall–Kier alpha value is -3.26. The van der Waals surface area contributed by atoms with Crippen molar-refractivity contribution in [3.8, 4) is 5.75 Å². The zero-order valence-corrected chi connectivity index (χ0v) is 24.0. The molecular formula is C32H42F2O6. The molecule has 1 N–H and O–H groups in total. The number of halogens is 2. The van der Waals surface area contributed by atoms with Crippen LogP contribution < -0.4 is 4.74 Å². The molecule has 0 fully saturated rings. The van der Waals surface area contributed by atoms with Crippen LogP contribution in [0.5, 0.6) is 5.75 Å². The first-order valence-corrected chi connectivity index (χ1v) is 13.8. The molecule has 0 aliphatic carbocycles. The maximum atomic E-state index is 14.8. The molecule has 0 saturated carbocycles. The third-order valence-electron chi connectivity index (χ3n) is 6.62. The normalized spacial score (nSPS) is 12.5. The SMILES string of the molecule is C=C(CC)C(=O)OCC(COC(=O)C(C)(C)CO)Cc1ccc(OC(F)(F)c2ccc(CCCCC)cc2)cc1. The highest BCUT2D eigenvalue weighted by Gasteiger charge is 2.34. The van der Waals surface area contributed by atoms with E-state index in [0.717, 1.165) is 36.8 Å². The van der Waals surface area contributed by atoms with E-state index in [1.54, 1.807) is 45.0 Å². The zero-order chi connectivity index (χ0) is 29.8. The van der Waals surface area contributed by atoms with Gasteiger partial charge in [-0.05, 0) is 74.9 Å². The number of benzene rings is 2. The predicted molar refractivity (Wildman–Crippen MR) is 150 cm³/mol. The third kappa shape index (κ3) is 10.4. The molecule has 0 bridgehead atoms. The maximum absolute atomic E-state index is 14.8. The van der Waals surface area contributed by atoms with Crippen molar-refractivity contribution in [2.24, 2.45) is 11.3 Å². The number of aryl methyl sites for hydroxylation is 1. The summed E-state index contributed by atoms with van der Waals surface area (Å²) in [5.41, 5.74) is 0.795. The van der Waals surface area contributed by atoms with Crippen LogP contribution in [0.1, 0.15) is 70.1 Å². The van der Waals surface area contributed by atoms with Crippen molar-refractivity contribution in [1.29, 1.82) is 0 Å². The van der Waals surface area contributed by atoms with Gasteiger partial charge in [0, 0.05) is 11.5 Å². The molecular weight excluding hydrogens is 518 g/mol. The second kappa shape index (κ2) is 15.5. The molecule has 6 nitrogen and oxygen atoms in total. The van der Waals surface area contributed by atoms with Crippen molar-refractivity contribution in [2.45, 2.75) is 72.3 Å². The quantitative estimate of drug-likeness (QED) is 0.131. The highest BCUT2D eigenvalue weighted by molar-refractivity contribution is 5.87. The minimum absolute atomic E-state index is 0.000816. The van der Waals surface area contributed by atoms with Gasteiger partial charge in [0.15, 0.2) is 0 Å². The van der Waals surface area contributed by atoms with Crippen molar-refractivity contribution in [1.82, 2.24) is 0 Å². The van der Waals surface area contributed by atoms with Gasteiger partial charge in [-0.1, -0.05) is 57.5 Å². The molecule has 0 aliphatic rings. The molecule has 1 unspecified atom stereocenters. The van der Waals surface area contributed by atoms with Crippen LogP contribution in [0, 0.1) is 11.3 Å². The van der Waals surface area contributed by atoms with Crippen molar-refractivity contribution >= 4 is 11.9 Å². The molecule has 0 saturated heterocycles. The number of carbonyl (C=O) groups excluding carboxylic acids is 2. The van der Waals surface area contributed by atoms with E-state index in [4.69, 9.17) is 14.2 Å². The molecule has 40 heavy (non-hydrogen) atoms. The fourth-order valence-corrected chi connectivity index (χ4v) is 3.74. The van der Waals surface area contributed by atoms with E-state index in [1.165, 1.54) is 24.3 Å². The lowest BCUT2D eigenvalue weighted by Crippen LogP contribution is -2.32. The van der Waals surface area contributed by atoms with Crippen LogP contribution in [-0.2, 0) is 38.0 Å². The van der Waals surface area contributed by atoms with Gasteiger partial charge in [-0.2, -0.15) is 8.78 Å². The zero-order valence-electron chi connectivity index (χ0n) is 24.0. The number of ether oxygens (including phenoxy) is 3. The fourth-order valence-electron chi connectivity index (χ4n) is 3.74. The topological polar surface area (TPSA) is 82.1 Å². The maximum Gasteiger partial charge on any atom is 0.426 e. The average Bonchev–Trinajstić information content (AvgIpc) is 2.94. The van der Waals surface area contributed by atoms with Crippen molar-refractivity contribution in [3.63, 3.8) is 0 Å². The number of rotatable bonds is 17. The Morgan fingerprint density at radius 2 is 1.52 bits per heavy atom. The molecule has 0 amide bonds. The number of aliphatic hydroxyl groups is 1. The summed E-state index contributed by atoms with van der Waals surface area (Å²) in [4.78, 5) is 24.4. The van der Waals surface area contributed by atoms with Gasteiger partial charge >= 0.3 is 18.0 Å². The van der Waals surface area contributed by atoms with Gasteiger partial charge in [-0.3, -0.25) is 4.79 Å². The van der Waals surface area contributed by atoms with Crippen LogP contribution in [0.3, 0.4) is 0 Å². The molecule has 1 atom stereocenters. The number of hydrogen-bond donors (Lipinski definition) is 1. The molecule has 0 aromatic heterocycles. The summed E-state index contributed by atoms with van der Waals surface area (Å²) in [5, 5.41) is 9.42. The van der Waals surface area contributed by atoms with Gasteiger partial charge in [0.1, 0.15) is 5.75 Å². The van der Waals surface area contributed by atoms with Crippen LogP contribution >= 0.6 is 0 Å². The molecule has 2 aromatic rings. The Bertz CT molecular complexity index is 1090. The van der Waals surface area contributed by atoms with Gasteiger partial charge < -0.3 is 19.3 Å². The molecule has 0 spiro atoms. The van der Waals surface area contributed by atoms with E-state index < -0.39 is 29.4 Å². The van der Waals surface area contributed by atoms with Gasteiger partial charge in [-0.15, -0.1) is 0 Å². The summed E-state index contributed by atoms with van der Waals surface area (Å²) in [5.74, 6) is -1.52. The standard InChI is InChI=1S/C32H42F2O6/c1-6-8-9-10-24-11-15-27(16-12-24)32(33,34)40-28-17-13-25(14-18-28)19-26(20-38-29(36)23(3)7-2)21-39-30(37)31(4,5)22-35/h11-18,26,35H,3,6-10,19-22H2,1-2,4-5H3. The molecule has 8 heteroatoms. The second-order valence-electron chi connectivity index (χ2n) is 10.7. The number of aliphatic hydroxyl groups excluding tert-OH is 1. The van der Waals surface area contributed by atoms with Crippen molar-refractivity contribution < 1.29 is 37.7 Å². The van der Waals surface area contributed by atoms with E-state index >= 15 is 0 Å². The number of esters is 2. The lowest BCUT2D eigenvalue weighted by molar-refractivity contribution is -0.185. The van der Waals surface area contributed by atoms with E-state index in [-0.39, 0.29) is 31.1 Å². The monoisotopic (exact) mass is 560 g/mol. The Labute approximate surface area is 236 Å². The lowest BCUT2D eigenvalue weighted by Gasteiger charge is -2.23. The predicted octanol–water partition coefficient (Wildman–Crippen LogP) is 6.78. The largest absolute Gasteiger partial charge is 0.465 e. The van der Waals surface area contributed by atoms with Gasteiger partial charge in [0.25, 0.3) is 0 Å². The van der Waals surface area contributed by atoms with E-state index in [0.29, 0.717) is 18.4 Å². The van der Waals surface area contributed by atoms with Crippen LogP contribution in [-0.4, -0.2) is 36.9 Å². The Balaban J connectivity index is 2.05. The first-order chi connectivity index (χ1) is 18.9. The molecule has 0 aliphatic heterocycles. The summed E-state index contributed by atoms with van der Waals surface area (Å²) in [6, 6.07) is 12.4. The van der Waals surface area contributed by atoms with Crippen molar-refractivity contribution in [2.75, 3.05) is 19.8 Å². The average molecular weight is 561 g/mol. The van der Waals surface area contributed by atoms with E-state index in [1.807, 2.05) is 0 Å². The molecule has 0 radical (unpaired) electrons. The highest BCUT2D eigenvalue weighted by atomic mass is 19.3. The first-order valence-electron chi connectivity index (χ1n) is 13.8. The highest BCUT2D eigenvalue weighted by Crippen LogP contribution is 2.32. The van der Waals surface area contributed by atoms with Crippen molar-refractivity contribution in [3.05, 3.63) is 77.4 Å². The molecule has 0 heterocycles.